The van der Waals surface area contributed by atoms with Crippen LogP contribution in [0.2, 0.25) is 0 Å². The molecule has 0 aliphatic carbocycles. The fourth-order valence-corrected chi connectivity index (χ4v) is 6.57. The number of hydrogen-bond donors (Lipinski definition) is 1. The predicted octanol–water partition coefficient (Wildman–Crippen LogP) is 11.2. The van der Waals surface area contributed by atoms with Gasteiger partial charge in [-0.15, -0.1) is 0 Å². The Morgan fingerprint density at radius 2 is 1.05 bits per heavy atom. The van der Waals surface area contributed by atoms with Gasteiger partial charge in [0.2, 0.25) is 0 Å². The van der Waals surface area contributed by atoms with Gasteiger partial charge in [-0.05, 0) is 70.4 Å². The largest absolute Gasteiger partial charge is 0.454 e. The zero-order valence-corrected chi connectivity index (χ0v) is 23.3. The Balaban J connectivity index is 1.06. The molecule has 0 aliphatic heterocycles. The molecular weight excluding hydrogens is 524 g/mol. The second-order valence-electron chi connectivity index (χ2n) is 11.1. The Morgan fingerprint density at radius 1 is 0.488 bits per heavy atom. The number of nitrogens with zero attached hydrogens (tertiary/aromatic N) is 1. The van der Waals surface area contributed by atoms with E-state index >= 15 is 0 Å². The zero-order chi connectivity index (χ0) is 28.3. The van der Waals surface area contributed by atoms with Crippen molar-refractivity contribution in [3.05, 3.63) is 152 Å². The molecule has 43 heavy (non-hydrogen) atoms. The molecule has 7 aromatic carbocycles. The average Bonchev–Trinajstić information content (AvgIpc) is 3.62. The Hall–Kier alpha value is -5.80. The van der Waals surface area contributed by atoms with Crippen LogP contribution in [-0.4, -0.2) is 4.57 Å². The van der Waals surface area contributed by atoms with Gasteiger partial charge in [-0.25, -0.2) is 0 Å². The topological polar surface area (TPSA) is 30.1 Å². The van der Waals surface area contributed by atoms with Crippen molar-refractivity contribution in [3.63, 3.8) is 0 Å². The highest BCUT2D eigenvalue weighted by Crippen LogP contribution is 2.40. The van der Waals surface area contributed by atoms with Gasteiger partial charge in [0.15, 0.2) is 5.58 Å². The van der Waals surface area contributed by atoms with E-state index in [0.29, 0.717) is 0 Å². The molecule has 3 nitrogen and oxygen atoms in total. The second kappa shape index (κ2) is 9.37. The van der Waals surface area contributed by atoms with E-state index in [4.69, 9.17) is 4.42 Å². The average molecular weight is 551 g/mol. The van der Waals surface area contributed by atoms with Gasteiger partial charge in [-0.1, -0.05) is 103 Å². The van der Waals surface area contributed by atoms with Crippen LogP contribution in [0.25, 0.3) is 71.3 Å². The van der Waals surface area contributed by atoms with Crippen LogP contribution in [0.4, 0.5) is 11.4 Å². The van der Waals surface area contributed by atoms with Crippen LogP contribution >= 0.6 is 0 Å². The SMILES string of the molecule is c1ccc2c(c1)cc(Nc1ccc(-c3ccc(-n4c5ccccc5c5ccccc54)cc3)cc1)c1oc3ccccc3c12. The van der Waals surface area contributed by atoms with E-state index in [-0.39, 0.29) is 0 Å². The maximum Gasteiger partial charge on any atom is 0.159 e. The van der Waals surface area contributed by atoms with Crippen molar-refractivity contribution in [2.75, 3.05) is 5.32 Å². The fourth-order valence-electron chi connectivity index (χ4n) is 6.57. The number of rotatable bonds is 4. The quantitative estimate of drug-likeness (QED) is 0.236. The van der Waals surface area contributed by atoms with Crippen molar-refractivity contribution in [2.45, 2.75) is 0 Å². The third kappa shape index (κ3) is 3.75. The van der Waals surface area contributed by atoms with Crippen LogP contribution in [0.5, 0.6) is 0 Å². The van der Waals surface area contributed by atoms with Crippen molar-refractivity contribution in [1.29, 1.82) is 0 Å². The summed E-state index contributed by atoms with van der Waals surface area (Å²) in [6, 6.07) is 53.7. The van der Waals surface area contributed by atoms with Gasteiger partial charge in [0.25, 0.3) is 0 Å². The molecule has 0 amide bonds. The maximum atomic E-state index is 6.39. The minimum Gasteiger partial charge on any atom is -0.454 e. The molecule has 0 bridgehead atoms. The van der Waals surface area contributed by atoms with Crippen LogP contribution in [-0.2, 0) is 0 Å². The van der Waals surface area contributed by atoms with E-state index in [1.54, 1.807) is 0 Å². The third-order valence-corrected chi connectivity index (χ3v) is 8.57. The number of aromatic nitrogens is 1. The van der Waals surface area contributed by atoms with Crippen molar-refractivity contribution in [3.8, 4) is 16.8 Å². The van der Waals surface area contributed by atoms with Gasteiger partial charge < -0.3 is 14.3 Å². The Bertz CT molecular complexity index is 2410. The second-order valence-corrected chi connectivity index (χ2v) is 11.1. The summed E-state index contributed by atoms with van der Waals surface area (Å²) >= 11 is 0. The molecule has 0 spiro atoms. The van der Waals surface area contributed by atoms with Gasteiger partial charge in [-0.2, -0.15) is 0 Å². The van der Waals surface area contributed by atoms with Gasteiger partial charge in [-0.3, -0.25) is 0 Å². The zero-order valence-electron chi connectivity index (χ0n) is 23.3. The van der Waals surface area contributed by atoms with E-state index in [1.807, 2.05) is 12.1 Å². The lowest BCUT2D eigenvalue weighted by molar-refractivity contribution is 0.670. The monoisotopic (exact) mass is 550 g/mol. The minimum atomic E-state index is 0.879. The number of anilines is 2. The molecule has 9 aromatic rings. The molecule has 9 rings (SSSR count). The number of benzene rings is 7. The first kappa shape index (κ1) is 23.9. The van der Waals surface area contributed by atoms with E-state index in [9.17, 15) is 0 Å². The van der Waals surface area contributed by atoms with Gasteiger partial charge in [0.1, 0.15) is 5.58 Å². The van der Waals surface area contributed by atoms with Crippen molar-refractivity contribution in [1.82, 2.24) is 4.57 Å². The molecule has 0 atom stereocenters. The summed E-state index contributed by atoms with van der Waals surface area (Å²) in [6.07, 6.45) is 0. The predicted molar refractivity (Wildman–Crippen MR) is 181 cm³/mol. The molecular formula is C40H26N2O. The van der Waals surface area contributed by atoms with Crippen molar-refractivity contribution in [2.24, 2.45) is 0 Å². The number of nitrogens with one attached hydrogen (secondary N) is 1. The summed E-state index contributed by atoms with van der Waals surface area (Å²) in [5.74, 6) is 0. The summed E-state index contributed by atoms with van der Waals surface area (Å²) in [6.45, 7) is 0. The van der Waals surface area contributed by atoms with Crippen LogP contribution in [0.3, 0.4) is 0 Å². The molecule has 0 aliphatic rings. The lowest BCUT2D eigenvalue weighted by Crippen LogP contribution is -1.94. The fraction of sp³-hybridized carbons (Fsp3) is 0. The summed E-state index contributed by atoms with van der Waals surface area (Å²) in [7, 11) is 0. The smallest absolute Gasteiger partial charge is 0.159 e. The first-order valence-corrected chi connectivity index (χ1v) is 14.6. The number of para-hydroxylation sites is 3. The summed E-state index contributed by atoms with van der Waals surface area (Å²) in [4.78, 5) is 0. The molecule has 0 saturated heterocycles. The highest BCUT2D eigenvalue weighted by Gasteiger charge is 2.15. The standard InChI is InChI=1S/C40H26N2O/c1-2-10-31-28(9-1)25-35(40-39(31)34-13-5-8-16-38(34)43-40)41-29-21-17-26(18-22-29)27-19-23-30(24-20-27)42-36-14-6-3-11-32(36)33-12-4-7-15-37(33)42/h1-25,41H. The Morgan fingerprint density at radius 3 is 1.74 bits per heavy atom. The first-order valence-electron chi connectivity index (χ1n) is 14.6. The molecule has 3 heteroatoms. The van der Waals surface area contributed by atoms with Crippen molar-refractivity contribution >= 4 is 65.9 Å². The minimum absolute atomic E-state index is 0.879. The lowest BCUT2D eigenvalue weighted by Gasteiger charge is -2.11. The normalized spacial score (nSPS) is 11.7. The lowest BCUT2D eigenvalue weighted by atomic mass is 10.0. The summed E-state index contributed by atoms with van der Waals surface area (Å²) in [5.41, 5.74) is 9.72. The van der Waals surface area contributed by atoms with E-state index in [1.165, 1.54) is 43.7 Å². The highest BCUT2D eigenvalue weighted by molar-refractivity contribution is 6.22. The molecule has 1 N–H and O–H groups in total. The van der Waals surface area contributed by atoms with Crippen LogP contribution in [0.1, 0.15) is 0 Å². The molecule has 202 valence electrons. The van der Waals surface area contributed by atoms with Crippen LogP contribution in [0, 0.1) is 0 Å². The van der Waals surface area contributed by atoms with Crippen LogP contribution in [0.15, 0.2) is 156 Å². The van der Waals surface area contributed by atoms with Gasteiger partial charge in [0.05, 0.1) is 16.7 Å². The summed E-state index contributed by atoms with van der Waals surface area (Å²) < 4.78 is 8.74. The maximum absolute atomic E-state index is 6.39. The van der Waals surface area contributed by atoms with Crippen molar-refractivity contribution < 1.29 is 4.42 Å². The molecule has 2 heterocycles. The van der Waals surface area contributed by atoms with E-state index < -0.39 is 0 Å². The number of fused-ring (bicyclic) bond motifs is 8. The Labute approximate surface area is 248 Å². The van der Waals surface area contributed by atoms with E-state index in [0.717, 1.165) is 39.0 Å². The molecule has 0 fully saturated rings. The molecule has 0 radical (unpaired) electrons. The summed E-state index contributed by atoms with van der Waals surface area (Å²) in [5, 5.41) is 10.9. The first-order chi connectivity index (χ1) is 21.3. The number of hydrogen-bond acceptors (Lipinski definition) is 2. The molecule has 0 unspecified atom stereocenters. The molecule has 0 saturated carbocycles. The highest BCUT2D eigenvalue weighted by atomic mass is 16.3. The van der Waals surface area contributed by atoms with Gasteiger partial charge >= 0.3 is 0 Å². The number of furan rings is 1. The van der Waals surface area contributed by atoms with Gasteiger partial charge in [0, 0.05) is 32.9 Å². The van der Waals surface area contributed by atoms with E-state index in [2.05, 4.69) is 149 Å². The Kier molecular flexibility index (Phi) is 5.20. The third-order valence-electron chi connectivity index (χ3n) is 8.57. The molecule has 2 aromatic heterocycles. The van der Waals surface area contributed by atoms with Crippen LogP contribution < -0.4 is 5.32 Å².